The third-order valence-electron chi connectivity index (χ3n) is 1.27. The maximum Gasteiger partial charge on any atom is 0.0675 e. The Kier molecular flexibility index (Phi) is 19.3. The Balaban J connectivity index is -0.000000112. The molecule has 0 bridgehead atoms. The van der Waals surface area contributed by atoms with Crippen molar-refractivity contribution < 1.29 is 24.3 Å². The van der Waals surface area contributed by atoms with Crippen molar-refractivity contribution in [3.8, 4) is 0 Å². The number of carboxylic acid groups (broad SMARTS) is 1. The molecule has 0 saturated heterocycles. The zero-order chi connectivity index (χ0) is 17.0. The molecule has 0 aromatic carbocycles. The minimum Gasteiger partial charge on any atom is -0.870 e. The van der Waals surface area contributed by atoms with Crippen molar-refractivity contribution in [3.63, 3.8) is 0 Å². The fraction of sp³-hybridized carbons (Fsp3) is 0.929. The van der Waals surface area contributed by atoms with Crippen LogP contribution in [0.2, 0.25) is 0 Å². The van der Waals surface area contributed by atoms with E-state index in [0.29, 0.717) is 13.0 Å². The second-order valence-electron chi connectivity index (χ2n) is 7.58. The molecular weight excluding hydrogens is 272 g/mol. The highest BCUT2D eigenvalue weighted by atomic mass is 16.4. The molecule has 132 valence electrons. The van der Waals surface area contributed by atoms with Crippen molar-refractivity contribution >= 4 is 5.97 Å². The van der Waals surface area contributed by atoms with E-state index in [-0.39, 0.29) is 5.48 Å². The van der Waals surface area contributed by atoms with Gasteiger partial charge in [0.2, 0.25) is 0 Å². The number of carbonyl (C=O) groups excluding carboxylic acids is 1. The van der Waals surface area contributed by atoms with Crippen LogP contribution >= 0.6 is 0 Å². The van der Waals surface area contributed by atoms with Gasteiger partial charge in [0.15, 0.2) is 0 Å². The summed E-state index contributed by atoms with van der Waals surface area (Å²) in [5, 5.41) is 10.0. The van der Waals surface area contributed by atoms with E-state index in [1.54, 1.807) is 0 Å². The Labute approximate surface area is 131 Å². The van der Waals surface area contributed by atoms with E-state index in [9.17, 15) is 9.90 Å². The van der Waals surface area contributed by atoms with Crippen LogP contribution in [0, 0.1) is 0 Å². The number of quaternary nitrogens is 2. The second-order valence-corrected chi connectivity index (χ2v) is 7.58. The third-order valence-corrected chi connectivity index (χ3v) is 1.27. The number of unbranched alkanes of at least 4 members (excludes halogenated alkanes) is 1. The molecule has 0 heterocycles. The van der Waals surface area contributed by atoms with Crippen LogP contribution in [0.3, 0.4) is 0 Å². The maximum absolute atomic E-state index is 10.0. The van der Waals surface area contributed by atoms with Crippen LogP contribution < -0.4 is 16.6 Å². The molecule has 0 spiro atoms. The summed E-state index contributed by atoms with van der Waals surface area (Å²) in [4.78, 5) is 10.0. The van der Waals surface area contributed by atoms with Gasteiger partial charge in [-0.05, 0) is 19.4 Å². The molecule has 0 aromatic rings. The Morgan fingerprint density at radius 2 is 1.24 bits per heavy atom. The van der Waals surface area contributed by atoms with Gasteiger partial charge in [0.1, 0.15) is 0 Å². The minimum atomic E-state index is -1.18. The number of nitrogens with zero attached hydrogens (tertiary/aromatic N) is 2. The molecule has 0 aliphatic heterocycles. The lowest BCUT2D eigenvalue weighted by atomic mass is 10.1. The fourth-order valence-electron chi connectivity index (χ4n) is 0.626. The normalized spacial score (nSPS) is 11.9. The average Bonchev–Trinajstić information content (AvgIpc) is 2.12. The van der Waals surface area contributed by atoms with Crippen molar-refractivity contribution in [3.05, 3.63) is 0 Å². The molecule has 5 N–H and O–H groups in total. The maximum atomic E-state index is 10.0. The minimum absolute atomic E-state index is 0. The van der Waals surface area contributed by atoms with Crippen molar-refractivity contribution in [2.75, 3.05) is 62.9 Å². The molecule has 1 unspecified atom stereocenters. The number of rotatable bonds is 5. The monoisotopic (exact) mass is 310 g/mol. The van der Waals surface area contributed by atoms with Crippen LogP contribution in [0.25, 0.3) is 0 Å². The highest BCUT2D eigenvalue weighted by molar-refractivity contribution is 5.70. The van der Waals surface area contributed by atoms with Gasteiger partial charge >= 0.3 is 0 Å². The highest BCUT2D eigenvalue weighted by Crippen LogP contribution is 1.95. The fourth-order valence-corrected chi connectivity index (χ4v) is 0.626. The van der Waals surface area contributed by atoms with Crippen LogP contribution in [-0.2, 0) is 4.79 Å². The quantitative estimate of drug-likeness (QED) is 0.481. The van der Waals surface area contributed by atoms with Gasteiger partial charge in [-0.25, -0.2) is 0 Å². The van der Waals surface area contributed by atoms with Crippen molar-refractivity contribution in [1.82, 2.24) is 0 Å². The van der Waals surface area contributed by atoms with Gasteiger partial charge in [0.05, 0.1) is 62.4 Å². The standard InChI is InChI=1S/C6H14N2O2.2C4H12N.H2O/c7-4-2-1-3-5(8)6(9)10;2*1-5(2,3)4;/h5H,1-4,7-8H2,(H,9,10);2*1-4H3;1H2/q;2*+1;/p-2. The molecule has 0 aromatic heterocycles. The molecule has 7 heteroatoms. The molecule has 1 atom stereocenters. The molecule has 0 saturated carbocycles. The summed E-state index contributed by atoms with van der Waals surface area (Å²) in [6, 6.07) is -0.827. The number of carbonyl (C=O) groups is 1. The largest absolute Gasteiger partial charge is 0.870 e. The Hall–Kier alpha value is -0.730. The molecule has 0 fully saturated rings. The average molecular weight is 310 g/mol. The summed E-state index contributed by atoms with van der Waals surface area (Å²) >= 11 is 0. The van der Waals surface area contributed by atoms with E-state index in [4.69, 9.17) is 11.5 Å². The summed E-state index contributed by atoms with van der Waals surface area (Å²) in [7, 11) is 17.0. The van der Waals surface area contributed by atoms with E-state index < -0.39 is 12.0 Å². The predicted molar refractivity (Wildman–Crippen MR) is 85.7 cm³/mol. The number of nitrogens with two attached hydrogens (primary N) is 2. The number of hydrogen-bond acceptors (Lipinski definition) is 5. The molecule has 0 amide bonds. The number of hydrogen-bond donors (Lipinski definition) is 2. The van der Waals surface area contributed by atoms with Crippen LogP contribution in [0.15, 0.2) is 0 Å². The first kappa shape index (κ1) is 28.4. The van der Waals surface area contributed by atoms with Crippen LogP contribution in [0.5, 0.6) is 0 Å². The van der Waals surface area contributed by atoms with E-state index >= 15 is 0 Å². The summed E-state index contributed by atoms with van der Waals surface area (Å²) in [6.07, 6.45) is 2.03. The van der Waals surface area contributed by atoms with Gasteiger partial charge in [0, 0.05) is 6.04 Å². The zero-order valence-electron chi connectivity index (χ0n) is 15.2. The number of aliphatic carboxylic acids is 1. The van der Waals surface area contributed by atoms with Gasteiger partial charge < -0.3 is 35.8 Å². The van der Waals surface area contributed by atoms with Gasteiger partial charge in [0.25, 0.3) is 0 Å². The van der Waals surface area contributed by atoms with Gasteiger partial charge in [-0.3, -0.25) is 0 Å². The Morgan fingerprint density at radius 1 is 0.952 bits per heavy atom. The first-order valence-electron chi connectivity index (χ1n) is 6.92. The SMILES string of the molecule is C[N+](C)(C)C.C[N+](C)(C)C.NCCCCC(N)C(=O)[O-].[OH-]. The number of carboxylic acids is 1. The molecule has 0 radical (unpaired) electrons. The topological polar surface area (TPSA) is 122 Å². The van der Waals surface area contributed by atoms with Gasteiger partial charge in [-0.1, -0.05) is 6.42 Å². The van der Waals surface area contributed by atoms with Crippen LogP contribution in [-0.4, -0.2) is 89.4 Å². The van der Waals surface area contributed by atoms with Crippen LogP contribution in [0.1, 0.15) is 19.3 Å². The molecule has 7 nitrogen and oxygen atoms in total. The molecule has 21 heavy (non-hydrogen) atoms. The second kappa shape index (κ2) is 14.2. The first-order valence-corrected chi connectivity index (χ1v) is 6.92. The van der Waals surface area contributed by atoms with E-state index in [2.05, 4.69) is 56.4 Å². The smallest absolute Gasteiger partial charge is 0.0675 e. The third kappa shape index (κ3) is 84.0. The van der Waals surface area contributed by atoms with Crippen LogP contribution in [0.4, 0.5) is 0 Å². The Morgan fingerprint density at radius 3 is 1.43 bits per heavy atom. The molecule has 0 rings (SSSR count). The highest BCUT2D eigenvalue weighted by Gasteiger charge is 2.00. The van der Waals surface area contributed by atoms with Crippen molar-refractivity contribution in [2.45, 2.75) is 25.3 Å². The summed E-state index contributed by atoms with van der Waals surface area (Å²) in [5.41, 5.74) is 10.3. The molecule has 0 aliphatic carbocycles. The van der Waals surface area contributed by atoms with Crippen molar-refractivity contribution in [1.29, 1.82) is 0 Å². The predicted octanol–water partition coefficient (Wildman–Crippen LogP) is -1.34. The lowest BCUT2D eigenvalue weighted by Crippen LogP contribution is -2.41. The Bertz CT molecular complexity index is 211. The molecular formula is C14H38N4O3. The van der Waals surface area contributed by atoms with Crippen molar-refractivity contribution in [2.24, 2.45) is 11.5 Å². The lowest BCUT2D eigenvalue weighted by Gasteiger charge is -2.14. The first-order chi connectivity index (χ1) is 8.68. The van der Waals surface area contributed by atoms with E-state index in [1.807, 2.05) is 0 Å². The summed E-state index contributed by atoms with van der Waals surface area (Å²) in [5.74, 6) is -1.18. The van der Waals surface area contributed by atoms with E-state index in [0.717, 1.165) is 21.8 Å². The summed E-state index contributed by atoms with van der Waals surface area (Å²) in [6.45, 7) is 0.583. The summed E-state index contributed by atoms with van der Waals surface area (Å²) < 4.78 is 2.00. The zero-order valence-corrected chi connectivity index (χ0v) is 15.2. The van der Waals surface area contributed by atoms with Gasteiger partial charge in [-0.2, -0.15) is 0 Å². The van der Waals surface area contributed by atoms with E-state index in [1.165, 1.54) is 0 Å². The van der Waals surface area contributed by atoms with Gasteiger partial charge in [-0.15, -0.1) is 0 Å². The lowest BCUT2D eigenvalue weighted by molar-refractivity contribution is -0.849. The molecule has 0 aliphatic rings.